The SMILES string of the molecule is Cc1ccc(NC(=O)c2cnn(C(C)(C)C)c2F)cc1-c1cc(N2CCOCC2)c2nc(C)c(F)n2c1. The van der Waals surface area contributed by atoms with Crippen LogP contribution in [0.4, 0.5) is 20.2 Å². The number of carbonyl (C=O) groups excluding carboxylic acids is 1. The first kappa shape index (κ1) is 24.9. The van der Waals surface area contributed by atoms with E-state index in [9.17, 15) is 9.18 Å². The Bertz CT molecular complexity index is 1500. The number of nitrogens with zero attached hydrogens (tertiary/aromatic N) is 5. The second-order valence-corrected chi connectivity index (χ2v) is 10.3. The van der Waals surface area contributed by atoms with E-state index >= 15 is 4.39 Å². The lowest BCUT2D eigenvalue weighted by Crippen LogP contribution is -2.36. The minimum absolute atomic E-state index is 0.135. The molecule has 1 saturated heterocycles. The summed E-state index contributed by atoms with van der Waals surface area (Å²) in [6.07, 6.45) is 2.95. The van der Waals surface area contributed by atoms with Gasteiger partial charge in [-0.2, -0.15) is 13.9 Å². The molecule has 37 heavy (non-hydrogen) atoms. The number of pyridine rings is 1. The summed E-state index contributed by atoms with van der Waals surface area (Å²) in [5.41, 5.74) is 3.96. The minimum atomic E-state index is -0.691. The third-order valence-electron chi connectivity index (χ3n) is 6.55. The predicted octanol–water partition coefficient (Wildman–Crippen LogP) is 4.94. The molecule has 4 heterocycles. The van der Waals surface area contributed by atoms with Gasteiger partial charge in [-0.1, -0.05) is 6.07 Å². The monoisotopic (exact) mass is 508 g/mol. The van der Waals surface area contributed by atoms with E-state index in [1.165, 1.54) is 15.3 Å². The number of carbonyl (C=O) groups is 1. The van der Waals surface area contributed by atoms with Gasteiger partial charge in [0.1, 0.15) is 5.56 Å². The van der Waals surface area contributed by atoms with Crippen molar-refractivity contribution in [2.24, 2.45) is 0 Å². The van der Waals surface area contributed by atoms with Crippen LogP contribution in [0.1, 0.15) is 42.4 Å². The van der Waals surface area contributed by atoms with Crippen molar-refractivity contribution in [2.75, 3.05) is 36.5 Å². The van der Waals surface area contributed by atoms with Gasteiger partial charge in [0.2, 0.25) is 11.9 Å². The van der Waals surface area contributed by atoms with Crippen molar-refractivity contribution in [3.63, 3.8) is 0 Å². The van der Waals surface area contributed by atoms with E-state index < -0.39 is 23.3 Å². The van der Waals surface area contributed by atoms with Crippen LogP contribution in [0.2, 0.25) is 0 Å². The number of anilines is 2. The summed E-state index contributed by atoms with van der Waals surface area (Å²) < 4.78 is 38.1. The molecule has 0 bridgehead atoms. The molecule has 194 valence electrons. The van der Waals surface area contributed by atoms with Crippen molar-refractivity contribution >= 4 is 22.9 Å². The number of morpholine rings is 1. The molecule has 1 fully saturated rings. The second-order valence-electron chi connectivity index (χ2n) is 10.3. The normalized spacial score (nSPS) is 14.4. The summed E-state index contributed by atoms with van der Waals surface area (Å²) in [5.74, 6) is -1.70. The molecule has 1 aliphatic rings. The topological polar surface area (TPSA) is 76.7 Å². The number of aryl methyl sites for hydroxylation is 2. The average molecular weight is 509 g/mol. The van der Waals surface area contributed by atoms with Crippen LogP contribution in [0.15, 0.2) is 36.7 Å². The number of nitrogens with one attached hydrogen (secondary N) is 1. The molecular formula is C27H30F2N6O2. The van der Waals surface area contributed by atoms with Gasteiger partial charge in [-0.3, -0.25) is 9.20 Å². The largest absolute Gasteiger partial charge is 0.378 e. The highest BCUT2D eigenvalue weighted by atomic mass is 19.1. The Morgan fingerprint density at radius 3 is 2.49 bits per heavy atom. The number of aromatic nitrogens is 4. The van der Waals surface area contributed by atoms with Crippen molar-refractivity contribution in [3.8, 4) is 11.1 Å². The number of benzene rings is 1. The zero-order chi connectivity index (χ0) is 26.5. The number of hydrogen-bond acceptors (Lipinski definition) is 5. The Morgan fingerprint density at radius 2 is 1.81 bits per heavy atom. The summed E-state index contributed by atoms with van der Waals surface area (Å²) in [6, 6.07) is 7.43. The number of fused-ring (bicyclic) bond motifs is 1. The van der Waals surface area contributed by atoms with Gasteiger partial charge >= 0.3 is 0 Å². The lowest BCUT2D eigenvalue weighted by molar-refractivity contribution is 0.102. The average Bonchev–Trinajstić information content (AvgIpc) is 3.39. The highest BCUT2D eigenvalue weighted by molar-refractivity contribution is 6.04. The van der Waals surface area contributed by atoms with E-state index in [1.54, 1.807) is 19.2 Å². The van der Waals surface area contributed by atoms with Gasteiger partial charge in [-0.05, 0) is 63.9 Å². The third-order valence-corrected chi connectivity index (χ3v) is 6.55. The Balaban J connectivity index is 1.53. The van der Waals surface area contributed by atoms with E-state index in [4.69, 9.17) is 4.74 Å². The molecule has 4 aromatic rings. The quantitative estimate of drug-likeness (QED) is 0.423. The molecular weight excluding hydrogens is 478 g/mol. The lowest BCUT2D eigenvalue weighted by atomic mass is 10.0. The molecule has 1 aliphatic heterocycles. The molecule has 0 spiro atoms. The van der Waals surface area contributed by atoms with Crippen LogP contribution in [0, 0.1) is 25.7 Å². The summed E-state index contributed by atoms with van der Waals surface area (Å²) >= 11 is 0. The van der Waals surface area contributed by atoms with Gasteiger partial charge in [0.25, 0.3) is 5.91 Å². The van der Waals surface area contributed by atoms with Crippen LogP contribution < -0.4 is 10.2 Å². The van der Waals surface area contributed by atoms with Gasteiger partial charge in [-0.25, -0.2) is 9.67 Å². The highest BCUT2D eigenvalue weighted by Gasteiger charge is 2.25. The molecule has 0 unspecified atom stereocenters. The fraction of sp³-hybridized carbons (Fsp3) is 0.370. The van der Waals surface area contributed by atoms with Crippen molar-refractivity contribution < 1.29 is 18.3 Å². The van der Waals surface area contributed by atoms with Crippen LogP contribution >= 0.6 is 0 Å². The van der Waals surface area contributed by atoms with E-state index in [1.807, 2.05) is 45.9 Å². The van der Waals surface area contributed by atoms with Gasteiger partial charge < -0.3 is 15.0 Å². The molecule has 10 heteroatoms. The standard InChI is InChI=1S/C27H30F2N6O2/c1-16-6-7-19(32-26(36)21-14-30-35(24(21)29)27(3,4)5)13-20(16)18-12-22(33-8-10-37-11-9-33)25-31-17(2)23(28)34(25)15-18/h6-7,12-15H,8-11H2,1-5H3,(H,32,36). The molecule has 0 radical (unpaired) electrons. The van der Waals surface area contributed by atoms with Gasteiger partial charge in [0.05, 0.1) is 36.3 Å². The molecule has 8 nitrogen and oxygen atoms in total. The lowest BCUT2D eigenvalue weighted by Gasteiger charge is -2.29. The molecule has 1 amide bonds. The maximum atomic E-state index is 15.0. The molecule has 5 rings (SSSR count). The summed E-state index contributed by atoms with van der Waals surface area (Å²) in [6.45, 7) is 11.5. The van der Waals surface area contributed by atoms with E-state index in [0.717, 1.165) is 22.4 Å². The molecule has 1 N–H and O–H groups in total. The first-order valence-electron chi connectivity index (χ1n) is 12.2. The smallest absolute Gasteiger partial charge is 0.261 e. The summed E-state index contributed by atoms with van der Waals surface area (Å²) in [5, 5.41) is 6.82. The van der Waals surface area contributed by atoms with Crippen LogP contribution in [-0.4, -0.2) is 51.4 Å². The van der Waals surface area contributed by atoms with Crippen molar-refractivity contribution in [2.45, 2.75) is 40.2 Å². The van der Waals surface area contributed by atoms with Crippen molar-refractivity contribution in [1.82, 2.24) is 19.2 Å². The Morgan fingerprint density at radius 1 is 1.08 bits per heavy atom. The Labute approximate surface area is 213 Å². The number of amides is 1. The fourth-order valence-electron chi connectivity index (χ4n) is 4.56. The van der Waals surface area contributed by atoms with Gasteiger partial charge in [-0.15, -0.1) is 0 Å². The highest BCUT2D eigenvalue weighted by Crippen LogP contribution is 2.33. The maximum absolute atomic E-state index is 15.0. The van der Waals surface area contributed by atoms with E-state index in [0.29, 0.717) is 43.3 Å². The summed E-state index contributed by atoms with van der Waals surface area (Å²) in [7, 11) is 0. The Kier molecular flexibility index (Phi) is 6.23. The number of rotatable bonds is 4. The van der Waals surface area contributed by atoms with Gasteiger partial charge in [0, 0.05) is 30.5 Å². The summed E-state index contributed by atoms with van der Waals surface area (Å²) in [4.78, 5) is 19.5. The molecule has 0 aliphatic carbocycles. The fourth-order valence-corrected chi connectivity index (χ4v) is 4.56. The maximum Gasteiger partial charge on any atom is 0.261 e. The van der Waals surface area contributed by atoms with Crippen LogP contribution in [-0.2, 0) is 10.3 Å². The molecule has 1 aromatic carbocycles. The van der Waals surface area contributed by atoms with Crippen molar-refractivity contribution in [1.29, 1.82) is 0 Å². The van der Waals surface area contributed by atoms with Crippen molar-refractivity contribution in [3.05, 3.63) is 65.4 Å². The van der Waals surface area contributed by atoms with Crippen LogP contribution in [0.25, 0.3) is 16.8 Å². The third kappa shape index (κ3) is 4.57. The number of ether oxygens (including phenoxy) is 1. The van der Waals surface area contributed by atoms with Crippen LogP contribution in [0.5, 0.6) is 0 Å². The first-order chi connectivity index (χ1) is 17.5. The van der Waals surface area contributed by atoms with E-state index in [-0.39, 0.29) is 5.56 Å². The number of halogens is 2. The molecule has 0 atom stereocenters. The predicted molar refractivity (Wildman–Crippen MR) is 138 cm³/mol. The molecule has 3 aromatic heterocycles. The Hall–Kier alpha value is -3.79. The van der Waals surface area contributed by atoms with E-state index in [2.05, 4.69) is 20.3 Å². The number of imidazole rings is 1. The number of hydrogen-bond donors (Lipinski definition) is 1. The van der Waals surface area contributed by atoms with Crippen LogP contribution in [0.3, 0.4) is 0 Å². The zero-order valence-electron chi connectivity index (χ0n) is 21.6. The second kappa shape index (κ2) is 9.26. The van der Waals surface area contributed by atoms with Gasteiger partial charge in [0.15, 0.2) is 5.65 Å². The first-order valence-corrected chi connectivity index (χ1v) is 12.2. The molecule has 0 saturated carbocycles. The minimum Gasteiger partial charge on any atom is -0.378 e. The zero-order valence-corrected chi connectivity index (χ0v) is 21.6.